The summed E-state index contributed by atoms with van der Waals surface area (Å²) in [6, 6.07) is 12.9. The van der Waals surface area contributed by atoms with Gasteiger partial charge in [0, 0.05) is 22.7 Å². The van der Waals surface area contributed by atoms with Crippen molar-refractivity contribution in [2.75, 3.05) is 13.9 Å². The number of thiazole rings is 1. The highest BCUT2D eigenvalue weighted by Gasteiger charge is 2.16. The lowest BCUT2D eigenvalue weighted by atomic mass is 10.1. The maximum atomic E-state index is 12.7. The first kappa shape index (κ1) is 17.5. The highest BCUT2D eigenvalue weighted by atomic mass is 32.1. The Morgan fingerprint density at radius 1 is 1.17 bits per heavy atom. The van der Waals surface area contributed by atoms with Crippen LogP contribution in [-0.4, -0.2) is 29.1 Å². The minimum absolute atomic E-state index is 0.117. The van der Waals surface area contributed by atoms with Crippen LogP contribution in [0.15, 0.2) is 60.1 Å². The van der Waals surface area contributed by atoms with Crippen molar-refractivity contribution in [2.45, 2.75) is 0 Å². The van der Waals surface area contributed by atoms with Crippen molar-refractivity contribution in [2.24, 2.45) is 0 Å². The van der Waals surface area contributed by atoms with E-state index in [-0.39, 0.29) is 12.6 Å². The normalized spacial score (nSPS) is 12.7. The largest absolute Gasteiger partial charge is 0.497 e. The molecule has 3 heterocycles. The molecule has 0 N–H and O–H groups in total. The Bertz CT molecular complexity index is 1240. The lowest BCUT2D eigenvalue weighted by Gasteiger charge is -2.03. The number of hydrogen-bond acceptors (Lipinski definition) is 6. The van der Waals surface area contributed by atoms with Crippen LogP contribution >= 0.6 is 11.3 Å². The van der Waals surface area contributed by atoms with E-state index in [4.69, 9.17) is 19.2 Å². The van der Waals surface area contributed by atoms with Gasteiger partial charge >= 0.3 is 0 Å². The molecule has 144 valence electrons. The van der Waals surface area contributed by atoms with E-state index in [1.54, 1.807) is 48.8 Å². The number of nitrogens with zero attached hydrogens (tertiary/aromatic N) is 2. The number of imidazole rings is 1. The summed E-state index contributed by atoms with van der Waals surface area (Å²) in [4.78, 5) is 18.3. The average Bonchev–Trinajstić information content (AvgIpc) is 3.47. The third kappa shape index (κ3) is 3.15. The Morgan fingerprint density at radius 3 is 2.83 bits per heavy atom. The van der Waals surface area contributed by atoms with Gasteiger partial charge in [-0.3, -0.25) is 9.20 Å². The maximum absolute atomic E-state index is 12.7. The van der Waals surface area contributed by atoms with Gasteiger partial charge in [0.05, 0.1) is 18.5 Å². The van der Waals surface area contributed by atoms with Crippen molar-refractivity contribution < 1.29 is 19.0 Å². The molecule has 1 aliphatic heterocycles. The van der Waals surface area contributed by atoms with Gasteiger partial charge in [-0.25, -0.2) is 4.98 Å². The van der Waals surface area contributed by atoms with Gasteiger partial charge in [0.25, 0.3) is 0 Å². The summed E-state index contributed by atoms with van der Waals surface area (Å²) in [5.41, 5.74) is 3.16. The fraction of sp³-hybridized carbons (Fsp3) is 0.0909. The second-order valence-corrected chi connectivity index (χ2v) is 7.27. The van der Waals surface area contributed by atoms with E-state index < -0.39 is 0 Å². The van der Waals surface area contributed by atoms with Gasteiger partial charge in [0.1, 0.15) is 5.75 Å². The van der Waals surface area contributed by atoms with Crippen LogP contribution in [-0.2, 0) is 0 Å². The quantitative estimate of drug-likeness (QED) is 0.357. The number of aromatic nitrogens is 2. The molecule has 29 heavy (non-hydrogen) atoms. The molecule has 0 fully saturated rings. The topological polar surface area (TPSA) is 62.1 Å². The average molecular weight is 404 g/mol. The summed E-state index contributed by atoms with van der Waals surface area (Å²) in [6.45, 7) is 0.181. The molecule has 5 rings (SSSR count). The van der Waals surface area contributed by atoms with Crippen molar-refractivity contribution in [1.29, 1.82) is 0 Å². The summed E-state index contributed by atoms with van der Waals surface area (Å²) in [6.07, 6.45) is 5.32. The Labute approximate surface area is 170 Å². The predicted octanol–water partition coefficient (Wildman–Crippen LogP) is 4.70. The lowest BCUT2D eigenvalue weighted by molar-refractivity contribution is 0.104. The number of benzene rings is 2. The standard InChI is InChI=1S/C22H16N2O4S/c1-26-16-5-2-14(3-6-16)21-17(24-10-11-29-22(24)23-21)7-8-18(25)15-4-9-19-20(12-15)28-13-27-19/h2-12H,13H2,1H3. The highest BCUT2D eigenvalue weighted by molar-refractivity contribution is 7.15. The predicted molar refractivity (Wildman–Crippen MR) is 111 cm³/mol. The van der Waals surface area contributed by atoms with Crippen LogP contribution in [0.2, 0.25) is 0 Å². The number of carbonyl (C=O) groups is 1. The van der Waals surface area contributed by atoms with Gasteiger partial charge < -0.3 is 14.2 Å². The zero-order valence-corrected chi connectivity index (χ0v) is 16.3. The molecule has 0 radical (unpaired) electrons. The van der Waals surface area contributed by atoms with Crippen LogP contribution in [0.4, 0.5) is 0 Å². The van der Waals surface area contributed by atoms with Gasteiger partial charge in [-0.15, -0.1) is 11.3 Å². The van der Waals surface area contributed by atoms with Crippen LogP contribution in [0.25, 0.3) is 22.3 Å². The molecule has 6 nitrogen and oxygen atoms in total. The Morgan fingerprint density at radius 2 is 2.00 bits per heavy atom. The van der Waals surface area contributed by atoms with Crippen LogP contribution in [0.5, 0.6) is 17.2 Å². The second kappa shape index (κ2) is 7.10. The lowest BCUT2D eigenvalue weighted by Crippen LogP contribution is -1.95. The van der Waals surface area contributed by atoms with E-state index in [1.165, 1.54) is 0 Å². The molecule has 0 saturated carbocycles. The zero-order valence-electron chi connectivity index (χ0n) is 15.5. The van der Waals surface area contributed by atoms with Crippen LogP contribution < -0.4 is 14.2 Å². The number of methoxy groups -OCH3 is 1. The van der Waals surface area contributed by atoms with E-state index in [9.17, 15) is 4.79 Å². The van der Waals surface area contributed by atoms with E-state index in [2.05, 4.69) is 0 Å². The molecule has 0 aliphatic carbocycles. The summed E-state index contributed by atoms with van der Waals surface area (Å²) >= 11 is 1.55. The molecule has 4 aromatic rings. The Kier molecular flexibility index (Phi) is 4.29. The number of hydrogen-bond donors (Lipinski definition) is 0. The third-order valence-electron chi connectivity index (χ3n) is 4.71. The molecule has 0 atom stereocenters. The molecule has 7 heteroatoms. The van der Waals surface area contributed by atoms with Gasteiger partial charge in [-0.05, 0) is 54.6 Å². The van der Waals surface area contributed by atoms with Gasteiger partial charge in [0.15, 0.2) is 22.2 Å². The number of carbonyl (C=O) groups excluding carboxylic acids is 1. The van der Waals surface area contributed by atoms with Gasteiger partial charge in [-0.1, -0.05) is 0 Å². The molecule has 0 spiro atoms. The number of ether oxygens (including phenoxy) is 3. The smallest absolute Gasteiger partial charge is 0.231 e. The molecular weight excluding hydrogens is 388 g/mol. The molecular formula is C22H16N2O4S. The minimum atomic E-state index is -0.117. The van der Waals surface area contributed by atoms with Gasteiger partial charge in [0.2, 0.25) is 6.79 Å². The molecule has 1 aliphatic rings. The SMILES string of the molecule is COc1ccc(-c2nc3sccn3c2C=CC(=O)c2ccc3c(c2)OCO3)cc1. The second-order valence-electron chi connectivity index (χ2n) is 6.40. The van der Waals surface area contributed by atoms with Crippen molar-refractivity contribution in [3.63, 3.8) is 0 Å². The van der Waals surface area contributed by atoms with Crippen molar-refractivity contribution in [3.8, 4) is 28.5 Å². The van der Waals surface area contributed by atoms with E-state index >= 15 is 0 Å². The zero-order chi connectivity index (χ0) is 19.8. The Hall–Kier alpha value is -3.58. The van der Waals surface area contributed by atoms with Crippen molar-refractivity contribution in [3.05, 3.63) is 71.4 Å². The third-order valence-corrected chi connectivity index (χ3v) is 5.47. The highest BCUT2D eigenvalue weighted by Crippen LogP contribution is 2.33. The fourth-order valence-electron chi connectivity index (χ4n) is 3.22. The van der Waals surface area contributed by atoms with Crippen molar-refractivity contribution >= 4 is 28.2 Å². The summed E-state index contributed by atoms with van der Waals surface area (Å²) in [5, 5.41) is 1.97. The Balaban J connectivity index is 1.50. The molecule has 2 aromatic heterocycles. The van der Waals surface area contributed by atoms with E-state index in [0.717, 1.165) is 27.7 Å². The van der Waals surface area contributed by atoms with Crippen molar-refractivity contribution in [1.82, 2.24) is 9.38 Å². The molecule has 0 unspecified atom stereocenters. The summed E-state index contributed by atoms with van der Waals surface area (Å²) in [7, 11) is 1.64. The van der Waals surface area contributed by atoms with Gasteiger partial charge in [-0.2, -0.15) is 0 Å². The first-order valence-electron chi connectivity index (χ1n) is 8.95. The monoisotopic (exact) mass is 404 g/mol. The maximum Gasteiger partial charge on any atom is 0.231 e. The van der Waals surface area contributed by atoms with E-state index in [0.29, 0.717) is 17.1 Å². The number of allylic oxidation sites excluding steroid dienone is 1. The number of rotatable bonds is 5. The fourth-order valence-corrected chi connectivity index (χ4v) is 3.95. The molecule has 0 amide bonds. The van der Waals surface area contributed by atoms with Crippen LogP contribution in [0.1, 0.15) is 16.1 Å². The summed E-state index contributed by atoms with van der Waals surface area (Å²) < 4.78 is 17.9. The van der Waals surface area contributed by atoms with E-state index in [1.807, 2.05) is 40.2 Å². The number of fused-ring (bicyclic) bond motifs is 2. The minimum Gasteiger partial charge on any atom is -0.497 e. The number of ketones is 1. The molecule has 0 bridgehead atoms. The van der Waals surface area contributed by atoms with Crippen LogP contribution in [0.3, 0.4) is 0 Å². The van der Waals surface area contributed by atoms with Crippen LogP contribution in [0, 0.1) is 0 Å². The molecule has 2 aromatic carbocycles. The summed E-state index contributed by atoms with van der Waals surface area (Å²) in [5.74, 6) is 1.91. The molecule has 0 saturated heterocycles. The first-order chi connectivity index (χ1) is 14.2. The first-order valence-corrected chi connectivity index (χ1v) is 9.83.